The van der Waals surface area contributed by atoms with Crippen LogP contribution in [0.4, 0.5) is 33.8 Å². The highest BCUT2D eigenvalue weighted by Gasteiger charge is 2.36. The number of rotatable bonds is 7. The van der Waals surface area contributed by atoms with Crippen molar-refractivity contribution in [3.63, 3.8) is 0 Å². The Bertz CT molecular complexity index is 1490. The molecule has 0 saturated carbocycles. The summed E-state index contributed by atoms with van der Waals surface area (Å²) in [6.45, 7) is 14.8. The average molecular weight is 626 g/mol. The third-order valence-electron chi connectivity index (χ3n) is 10.1. The summed E-state index contributed by atoms with van der Waals surface area (Å²) in [7, 11) is 0. The van der Waals surface area contributed by atoms with E-state index in [4.69, 9.17) is 19.7 Å². The van der Waals surface area contributed by atoms with Crippen LogP contribution in [0.25, 0.3) is 11.4 Å². The molecule has 11 nitrogen and oxygen atoms in total. The zero-order chi connectivity index (χ0) is 31.8. The normalized spacial score (nSPS) is 24.9. The van der Waals surface area contributed by atoms with Gasteiger partial charge in [-0.25, -0.2) is 4.79 Å². The molecule has 2 N–H and O–H groups in total. The molecule has 7 rings (SSSR count). The minimum absolute atomic E-state index is 0.243. The lowest BCUT2D eigenvalue weighted by molar-refractivity contribution is 0.0299. The Morgan fingerprint density at radius 3 is 1.89 bits per heavy atom. The molecule has 2 bridgehead atoms. The number of aromatic nitrogens is 3. The van der Waals surface area contributed by atoms with Crippen molar-refractivity contribution in [2.75, 3.05) is 64.6 Å². The van der Waals surface area contributed by atoms with Crippen molar-refractivity contribution in [2.45, 2.75) is 83.7 Å². The molecule has 0 spiro atoms. The summed E-state index contributed by atoms with van der Waals surface area (Å²) in [6.07, 6.45) is 4.92. The second-order valence-electron chi connectivity index (χ2n) is 13.6. The zero-order valence-corrected chi connectivity index (χ0v) is 27.5. The number of amides is 2. The first kappa shape index (κ1) is 30.7. The monoisotopic (exact) mass is 625 g/mol. The fourth-order valence-corrected chi connectivity index (χ4v) is 7.36. The van der Waals surface area contributed by atoms with Crippen LogP contribution in [0, 0.1) is 0 Å². The van der Waals surface area contributed by atoms with E-state index < -0.39 is 0 Å². The lowest BCUT2D eigenvalue weighted by Crippen LogP contribution is -2.48. The summed E-state index contributed by atoms with van der Waals surface area (Å²) in [5, 5.41) is 5.92. The van der Waals surface area contributed by atoms with Crippen molar-refractivity contribution in [3.05, 3.63) is 48.5 Å². The van der Waals surface area contributed by atoms with Crippen molar-refractivity contribution in [2.24, 2.45) is 0 Å². The number of benzene rings is 2. The molecule has 2 amide bonds. The van der Waals surface area contributed by atoms with Crippen LogP contribution in [-0.4, -0.2) is 95.5 Å². The van der Waals surface area contributed by atoms with Gasteiger partial charge in [-0.1, -0.05) is 0 Å². The van der Waals surface area contributed by atoms with Gasteiger partial charge in [0.2, 0.25) is 11.9 Å². The van der Waals surface area contributed by atoms with Crippen molar-refractivity contribution in [3.8, 4) is 11.4 Å². The number of hydrogen-bond acceptors (Lipinski definition) is 9. The van der Waals surface area contributed by atoms with E-state index in [1.807, 2.05) is 36.4 Å². The van der Waals surface area contributed by atoms with Crippen LogP contribution in [0.15, 0.2) is 48.5 Å². The highest BCUT2D eigenvalue weighted by Crippen LogP contribution is 2.33. The van der Waals surface area contributed by atoms with E-state index in [-0.39, 0.29) is 18.2 Å². The fourth-order valence-electron chi connectivity index (χ4n) is 7.36. The highest BCUT2D eigenvalue weighted by atomic mass is 16.5. The maximum absolute atomic E-state index is 12.9. The molecule has 2 unspecified atom stereocenters. The molecule has 244 valence electrons. The maximum atomic E-state index is 12.9. The Hall–Kier alpha value is -3.96. The van der Waals surface area contributed by atoms with Crippen molar-refractivity contribution < 1.29 is 9.53 Å². The van der Waals surface area contributed by atoms with Gasteiger partial charge < -0.3 is 30.1 Å². The Morgan fingerprint density at radius 2 is 1.30 bits per heavy atom. The van der Waals surface area contributed by atoms with Gasteiger partial charge in [0.25, 0.3) is 0 Å². The van der Waals surface area contributed by atoms with Crippen LogP contribution in [0.1, 0.15) is 53.4 Å². The Morgan fingerprint density at radius 1 is 0.739 bits per heavy atom. The predicted octanol–water partition coefficient (Wildman–Crippen LogP) is 5.46. The van der Waals surface area contributed by atoms with Gasteiger partial charge in [0.05, 0.1) is 12.2 Å². The van der Waals surface area contributed by atoms with E-state index in [0.717, 1.165) is 88.1 Å². The number of nitrogens with zero attached hydrogens (tertiary/aromatic N) is 7. The minimum atomic E-state index is -0.283. The highest BCUT2D eigenvalue weighted by molar-refractivity contribution is 5.99. The first-order valence-electron chi connectivity index (χ1n) is 17.0. The number of carbonyl (C=O) groups is 1. The second-order valence-corrected chi connectivity index (χ2v) is 13.6. The molecule has 0 aliphatic carbocycles. The molecular formula is C35H47N9O2. The van der Waals surface area contributed by atoms with E-state index in [2.05, 4.69) is 70.1 Å². The van der Waals surface area contributed by atoms with Crippen molar-refractivity contribution >= 4 is 35.0 Å². The summed E-state index contributed by atoms with van der Waals surface area (Å²) in [5.74, 6) is 2.10. The number of piperazine rings is 1. The first-order valence-corrected chi connectivity index (χ1v) is 17.0. The molecule has 4 aliphatic heterocycles. The minimum Gasteiger partial charge on any atom is -0.371 e. The third kappa shape index (κ3) is 6.62. The van der Waals surface area contributed by atoms with E-state index in [1.54, 1.807) is 0 Å². The van der Waals surface area contributed by atoms with Crippen LogP contribution in [0.2, 0.25) is 0 Å². The van der Waals surface area contributed by atoms with E-state index in [9.17, 15) is 4.79 Å². The van der Waals surface area contributed by atoms with Gasteiger partial charge in [0.15, 0.2) is 5.82 Å². The average Bonchev–Trinajstić information content (AvgIpc) is 3.59. The van der Waals surface area contributed by atoms with Crippen LogP contribution >= 0.6 is 0 Å². The zero-order valence-electron chi connectivity index (χ0n) is 27.5. The number of urea groups is 1. The topological polar surface area (TPSA) is 102 Å². The molecular weight excluding hydrogens is 578 g/mol. The lowest BCUT2D eigenvalue weighted by atomic mass is 10.2. The number of ether oxygens (including phenoxy) is 1. The molecule has 4 saturated heterocycles. The number of anilines is 5. The quantitative estimate of drug-likeness (QED) is 0.355. The molecule has 11 heteroatoms. The Labute approximate surface area is 272 Å². The molecule has 4 fully saturated rings. The first-order chi connectivity index (χ1) is 22.3. The van der Waals surface area contributed by atoms with E-state index in [1.165, 1.54) is 5.69 Å². The van der Waals surface area contributed by atoms with Crippen LogP contribution in [-0.2, 0) is 4.74 Å². The SMILES string of the molecule is CC(C)N1CCN(c2ccc(NC(=O)Nc3ccc(-c4nc(N5CC6CCC(C5)O6)nc(N5[C@H](C)CC[C@@H]5C)n4)cc3)cc2)CC1. The van der Waals surface area contributed by atoms with E-state index in [0.29, 0.717) is 29.6 Å². The van der Waals surface area contributed by atoms with Gasteiger partial charge in [0, 0.05) is 80.0 Å². The molecule has 0 radical (unpaired) electrons. The maximum Gasteiger partial charge on any atom is 0.323 e. The summed E-state index contributed by atoms with van der Waals surface area (Å²) < 4.78 is 6.08. The number of carbonyl (C=O) groups excluding carboxylic acids is 1. The third-order valence-corrected chi connectivity index (χ3v) is 10.1. The van der Waals surface area contributed by atoms with Gasteiger partial charge in [-0.05, 0) is 102 Å². The fraction of sp³-hybridized carbons (Fsp3) is 0.543. The molecule has 3 aromatic rings. The lowest BCUT2D eigenvalue weighted by Gasteiger charge is -2.38. The molecule has 1 aromatic heterocycles. The standard InChI is InChI=1S/C35H47N9O2/c1-23(2)41-17-19-42(20-18-41)29-13-11-28(12-14-29)37-35(45)36-27-9-7-26(8-10-27)32-38-33(43-21-30-15-16-31(22-43)46-30)40-34(39-32)44-24(3)5-6-25(44)4/h7-14,23-25,30-31H,5-6,15-22H2,1-4H3,(H2,36,37,45)/t24-,25+,30?,31?. The largest absolute Gasteiger partial charge is 0.371 e. The molecule has 2 aromatic carbocycles. The summed E-state index contributed by atoms with van der Waals surface area (Å²) in [5.41, 5.74) is 3.52. The number of nitrogens with one attached hydrogen (secondary N) is 2. The molecule has 4 aliphatic rings. The number of fused-ring (bicyclic) bond motifs is 2. The van der Waals surface area contributed by atoms with Gasteiger partial charge in [-0.3, -0.25) is 4.90 Å². The number of morpholine rings is 1. The van der Waals surface area contributed by atoms with Gasteiger partial charge in [-0.2, -0.15) is 15.0 Å². The molecule has 4 atom stereocenters. The van der Waals surface area contributed by atoms with Gasteiger partial charge in [-0.15, -0.1) is 0 Å². The smallest absolute Gasteiger partial charge is 0.323 e. The van der Waals surface area contributed by atoms with Crippen LogP contribution < -0.4 is 25.3 Å². The van der Waals surface area contributed by atoms with Gasteiger partial charge in [0.1, 0.15) is 0 Å². The van der Waals surface area contributed by atoms with Crippen LogP contribution in [0.5, 0.6) is 0 Å². The Balaban J connectivity index is 1.02. The van der Waals surface area contributed by atoms with Crippen molar-refractivity contribution in [1.29, 1.82) is 0 Å². The second kappa shape index (κ2) is 13.0. The van der Waals surface area contributed by atoms with Gasteiger partial charge >= 0.3 is 6.03 Å². The summed E-state index contributed by atoms with van der Waals surface area (Å²) in [4.78, 5) is 37.3. The van der Waals surface area contributed by atoms with Crippen LogP contribution in [0.3, 0.4) is 0 Å². The summed E-state index contributed by atoms with van der Waals surface area (Å²) >= 11 is 0. The molecule has 46 heavy (non-hydrogen) atoms. The van der Waals surface area contributed by atoms with E-state index >= 15 is 0 Å². The Kier molecular flexibility index (Phi) is 8.70. The molecule has 5 heterocycles. The summed E-state index contributed by atoms with van der Waals surface area (Å²) in [6, 6.07) is 16.9. The van der Waals surface area contributed by atoms with Crippen molar-refractivity contribution in [1.82, 2.24) is 19.9 Å². The number of hydrogen-bond donors (Lipinski definition) is 2. The predicted molar refractivity (Wildman–Crippen MR) is 184 cm³/mol.